The minimum absolute atomic E-state index is 0. The summed E-state index contributed by atoms with van der Waals surface area (Å²) in [6.07, 6.45) is 3.89. The SMILES string of the molecule is C.CC(C)CN(C(=O)c1cnc(C(C)(C)C)nc1NCc1ccco1)[C@@H]1CNC[C@H](C(=O)N2CCOCC2)C1. The number of hydrogen-bond acceptors (Lipinski definition) is 8. The lowest BCUT2D eigenvalue weighted by atomic mass is 9.92. The first-order valence-corrected chi connectivity index (χ1v) is 13.7. The molecule has 0 bridgehead atoms. The summed E-state index contributed by atoms with van der Waals surface area (Å²) in [5, 5.41) is 6.73. The third-order valence-electron chi connectivity index (χ3n) is 6.96. The number of ether oxygens (including phenoxy) is 1. The number of aromatic nitrogens is 2. The molecular weight excluding hydrogens is 496 g/mol. The van der Waals surface area contributed by atoms with Crippen molar-refractivity contribution in [3.63, 3.8) is 0 Å². The number of carbonyl (C=O) groups is 2. The molecule has 39 heavy (non-hydrogen) atoms. The number of hydrogen-bond donors (Lipinski definition) is 2. The zero-order valence-corrected chi connectivity index (χ0v) is 23.3. The number of rotatable bonds is 8. The van der Waals surface area contributed by atoms with Gasteiger partial charge >= 0.3 is 0 Å². The van der Waals surface area contributed by atoms with Gasteiger partial charge in [0.2, 0.25) is 5.91 Å². The average molecular weight is 543 g/mol. The summed E-state index contributed by atoms with van der Waals surface area (Å²) >= 11 is 0. The Morgan fingerprint density at radius 1 is 1.23 bits per heavy atom. The molecule has 10 heteroatoms. The standard InChI is InChI=1S/C28H42N6O4.CH4/c1-19(2)18-34(21-13-20(14-29-15-21)25(35)33-8-11-37-12-9-33)26(36)23-17-31-27(28(3,4)5)32-24(23)30-16-22-7-6-10-38-22;/h6-7,10,17,19-21,29H,8-9,11-16,18H2,1-5H3,(H,30,31,32);1H4/t20-,21+;/m1./s1. The molecule has 2 aliphatic heterocycles. The van der Waals surface area contributed by atoms with Crippen LogP contribution in [0.3, 0.4) is 0 Å². The fourth-order valence-electron chi connectivity index (χ4n) is 4.95. The molecule has 4 heterocycles. The fraction of sp³-hybridized carbons (Fsp3) is 0.655. The van der Waals surface area contributed by atoms with Gasteiger partial charge in [0.05, 0.1) is 31.9 Å². The van der Waals surface area contributed by atoms with Crippen LogP contribution in [-0.4, -0.2) is 83.6 Å². The smallest absolute Gasteiger partial charge is 0.259 e. The Balaban J connectivity index is 0.00000420. The van der Waals surface area contributed by atoms with Gasteiger partial charge in [-0.15, -0.1) is 0 Å². The van der Waals surface area contributed by atoms with Gasteiger partial charge in [0.25, 0.3) is 5.91 Å². The highest BCUT2D eigenvalue weighted by molar-refractivity contribution is 5.98. The molecule has 2 aliphatic rings. The van der Waals surface area contributed by atoms with Crippen molar-refractivity contribution < 1.29 is 18.7 Å². The predicted octanol–water partition coefficient (Wildman–Crippen LogP) is 3.55. The fourth-order valence-corrected chi connectivity index (χ4v) is 4.95. The normalized spacial score (nSPS) is 19.9. The lowest BCUT2D eigenvalue weighted by Crippen LogP contribution is -2.56. The molecule has 10 nitrogen and oxygen atoms in total. The second-order valence-electron chi connectivity index (χ2n) is 11.7. The van der Waals surface area contributed by atoms with Crippen molar-refractivity contribution in [2.75, 3.05) is 51.3 Å². The van der Waals surface area contributed by atoms with Crippen LogP contribution < -0.4 is 10.6 Å². The average Bonchev–Trinajstić information content (AvgIpc) is 3.43. The number of nitrogens with one attached hydrogen (secondary N) is 2. The summed E-state index contributed by atoms with van der Waals surface area (Å²) in [4.78, 5) is 40.5. The van der Waals surface area contributed by atoms with Crippen LogP contribution in [0.25, 0.3) is 0 Å². The molecule has 2 atom stereocenters. The van der Waals surface area contributed by atoms with E-state index in [4.69, 9.17) is 14.1 Å². The monoisotopic (exact) mass is 542 g/mol. The first kappa shape index (κ1) is 30.6. The molecule has 0 aromatic carbocycles. The maximum Gasteiger partial charge on any atom is 0.259 e. The third kappa shape index (κ3) is 7.79. The number of anilines is 1. The Bertz CT molecular complexity index is 1080. The van der Waals surface area contributed by atoms with Crippen LogP contribution in [0, 0.1) is 11.8 Å². The third-order valence-corrected chi connectivity index (χ3v) is 6.96. The summed E-state index contributed by atoms with van der Waals surface area (Å²) in [6, 6.07) is 3.59. The van der Waals surface area contributed by atoms with Gasteiger partial charge in [0.15, 0.2) is 0 Å². The van der Waals surface area contributed by atoms with Crippen molar-refractivity contribution in [2.24, 2.45) is 11.8 Å². The molecule has 0 unspecified atom stereocenters. The molecule has 2 aromatic rings. The summed E-state index contributed by atoms with van der Waals surface area (Å²) in [7, 11) is 0. The highest BCUT2D eigenvalue weighted by atomic mass is 16.5. The Hall–Kier alpha value is -2.98. The van der Waals surface area contributed by atoms with Crippen molar-refractivity contribution in [3.8, 4) is 0 Å². The Labute approximate surface area is 232 Å². The Morgan fingerprint density at radius 3 is 2.62 bits per heavy atom. The van der Waals surface area contributed by atoms with E-state index in [1.54, 1.807) is 12.5 Å². The van der Waals surface area contributed by atoms with E-state index in [1.807, 2.05) is 42.7 Å². The van der Waals surface area contributed by atoms with Gasteiger partial charge in [-0.2, -0.15) is 0 Å². The number of nitrogens with zero attached hydrogens (tertiary/aromatic N) is 4. The number of piperidine rings is 1. The van der Waals surface area contributed by atoms with Gasteiger partial charge in [0.1, 0.15) is 23.0 Å². The summed E-state index contributed by atoms with van der Waals surface area (Å²) < 4.78 is 10.9. The van der Waals surface area contributed by atoms with Crippen LogP contribution >= 0.6 is 0 Å². The van der Waals surface area contributed by atoms with Crippen LogP contribution in [0.5, 0.6) is 0 Å². The molecule has 0 aliphatic carbocycles. The maximum absolute atomic E-state index is 14.1. The molecule has 4 rings (SSSR count). The van der Waals surface area contributed by atoms with E-state index < -0.39 is 0 Å². The molecule has 2 fully saturated rings. The first-order chi connectivity index (χ1) is 18.1. The van der Waals surface area contributed by atoms with Crippen molar-refractivity contribution in [1.82, 2.24) is 25.1 Å². The number of furan rings is 1. The molecule has 2 saturated heterocycles. The van der Waals surface area contributed by atoms with Gasteiger partial charge in [0, 0.05) is 50.4 Å². The van der Waals surface area contributed by atoms with E-state index >= 15 is 0 Å². The van der Waals surface area contributed by atoms with Gasteiger partial charge in [-0.3, -0.25) is 9.59 Å². The lowest BCUT2D eigenvalue weighted by molar-refractivity contribution is -0.140. The van der Waals surface area contributed by atoms with Crippen LogP contribution in [0.4, 0.5) is 5.82 Å². The van der Waals surface area contributed by atoms with Crippen LogP contribution in [-0.2, 0) is 21.5 Å². The minimum atomic E-state index is -0.277. The zero-order chi connectivity index (χ0) is 27.3. The summed E-state index contributed by atoms with van der Waals surface area (Å²) in [5.41, 5.74) is 0.146. The van der Waals surface area contributed by atoms with Crippen molar-refractivity contribution in [2.45, 2.75) is 66.5 Å². The molecular formula is C29H46N6O4. The van der Waals surface area contributed by atoms with E-state index in [0.29, 0.717) is 76.1 Å². The van der Waals surface area contributed by atoms with E-state index in [-0.39, 0.29) is 42.5 Å². The molecule has 2 N–H and O–H groups in total. The van der Waals surface area contributed by atoms with E-state index in [9.17, 15) is 9.59 Å². The largest absolute Gasteiger partial charge is 0.467 e. The lowest BCUT2D eigenvalue weighted by Gasteiger charge is -2.40. The molecule has 2 aromatic heterocycles. The second kappa shape index (κ2) is 13.4. The van der Waals surface area contributed by atoms with Crippen molar-refractivity contribution >= 4 is 17.6 Å². The summed E-state index contributed by atoms with van der Waals surface area (Å²) in [5.74, 6) is 1.98. The highest BCUT2D eigenvalue weighted by Gasteiger charge is 2.36. The van der Waals surface area contributed by atoms with Crippen LogP contribution in [0.2, 0.25) is 0 Å². The predicted molar refractivity (Wildman–Crippen MR) is 152 cm³/mol. The number of morpholine rings is 1. The Morgan fingerprint density at radius 2 is 1.97 bits per heavy atom. The van der Waals surface area contributed by atoms with E-state index in [2.05, 4.69) is 29.5 Å². The number of carbonyl (C=O) groups excluding carboxylic acids is 2. The highest BCUT2D eigenvalue weighted by Crippen LogP contribution is 2.26. The number of amides is 2. The van der Waals surface area contributed by atoms with E-state index in [0.717, 1.165) is 5.76 Å². The van der Waals surface area contributed by atoms with Crippen LogP contribution in [0.15, 0.2) is 29.0 Å². The van der Waals surface area contributed by atoms with E-state index in [1.165, 1.54) is 0 Å². The van der Waals surface area contributed by atoms with Gasteiger partial charge < -0.3 is 29.6 Å². The Kier molecular flexibility index (Phi) is 10.5. The zero-order valence-electron chi connectivity index (χ0n) is 23.3. The molecule has 216 valence electrons. The first-order valence-electron chi connectivity index (χ1n) is 13.7. The van der Waals surface area contributed by atoms with Crippen molar-refractivity contribution in [3.05, 3.63) is 41.7 Å². The topological polar surface area (TPSA) is 113 Å². The minimum Gasteiger partial charge on any atom is -0.467 e. The van der Waals surface area contributed by atoms with Crippen molar-refractivity contribution in [1.29, 1.82) is 0 Å². The molecule has 0 spiro atoms. The quantitative estimate of drug-likeness (QED) is 0.521. The van der Waals surface area contributed by atoms with Gasteiger partial charge in [-0.1, -0.05) is 42.0 Å². The van der Waals surface area contributed by atoms with Gasteiger partial charge in [-0.05, 0) is 24.5 Å². The molecule has 0 saturated carbocycles. The molecule has 2 amide bonds. The van der Waals surface area contributed by atoms with Crippen LogP contribution in [0.1, 0.15) is 70.4 Å². The second-order valence-corrected chi connectivity index (χ2v) is 11.7. The maximum atomic E-state index is 14.1. The van der Waals surface area contributed by atoms with Gasteiger partial charge in [-0.25, -0.2) is 9.97 Å². The summed E-state index contributed by atoms with van der Waals surface area (Å²) in [6.45, 7) is 15.0. The molecule has 0 radical (unpaired) electrons.